The van der Waals surface area contributed by atoms with Gasteiger partial charge >= 0.3 is 0 Å². The number of rotatable bonds is 6. The molecule has 0 aliphatic rings. The first kappa shape index (κ1) is 14.8. The largest absolute Gasteiger partial charge is 0.327 e. The molecule has 2 N–H and O–H groups in total. The highest BCUT2D eigenvalue weighted by Crippen LogP contribution is 2.21. The first-order valence-electron chi connectivity index (χ1n) is 5.77. The molecule has 1 aromatic rings. The number of thioether (sulfide) groups is 1. The molecule has 0 radical (unpaired) electrons. The summed E-state index contributed by atoms with van der Waals surface area (Å²) in [7, 11) is 0. The third kappa shape index (κ3) is 5.28. The number of hydrogen-bond donors (Lipinski definition) is 1. The van der Waals surface area contributed by atoms with Gasteiger partial charge in [0.2, 0.25) is 0 Å². The zero-order chi connectivity index (χ0) is 12.8. The molecule has 0 spiro atoms. The Hall–Kier alpha value is -0.250. The van der Waals surface area contributed by atoms with E-state index < -0.39 is 0 Å². The van der Waals surface area contributed by atoms with Crippen molar-refractivity contribution in [3.05, 3.63) is 34.6 Å². The summed E-state index contributed by atoms with van der Waals surface area (Å²) >= 11 is 7.77. The molecular formula is C13H19ClFNS. The highest BCUT2D eigenvalue weighted by atomic mass is 35.5. The Morgan fingerprint density at radius 3 is 2.65 bits per heavy atom. The predicted molar refractivity (Wildman–Crippen MR) is 75.3 cm³/mol. The van der Waals surface area contributed by atoms with E-state index in [1.54, 1.807) is 12.1 Å². The van der Waals surface area contributed by atoms with E-state index in [1.165, 1.54) is 6.07 Å². The van der Waals surface area contributed by atoms with E-state index in [2.05, 4.69) is 13.8 Å². The second-order valence-corrected chi connectivity index (χ2v) is 6.08. The normalized spacial score (nSPS) is 13.1. The molecule has 0 heterocycles. The van der Waals surface area contributed by atoms with Gasteiger partial charge in [0.1, 0.15) is 5.82 Å². The molecular weight excluding hydrogens is 257 g/mol. The van der Waals surface area contributed by atoms with Crippen LogP contribution in [0.4, 0.5) is 4.39 Å². The lowest BCUT2D eigenvalue weighted by atomic mass is 10.1. The number of hydrogen-bond acceptors (Lipinski definition) is 2. The lowest BCUT2D eigenvalue weighted by molar-refractivity contribution is 0.597. The Balaban J connectivity index is 2.47. The van der Waals surface area contributed by atoms with Crippen molar-refractivity contribution in [3.63, 3.8) is 0 Å². The van der Waals surface area contributed by atoms with Crippen molar-refractivity contribution in [1.29, 1.82) is 0 Å². The van der Waals surface area contributed by atoms with Gasteiger partial charge in [0.05, 0.1) is 0 Å². The molecule has 4 heteroatoms. The molecule has 1 atom stereocenters. The van der Waals surface area contributed by atoms with Crippen LogP contribution in [0.1, 0.15) is 19.4 Å². The summed E-state index contributed by atoms with van der Waals surface area (Å²) in [5.41, 5.74) is 6.52. The standard InChI is InChI=1S/C13H19ClFNS/c1-9(2)7-17-8-10(16)6-11-12(14)4-3-5-13(11)15/h3-5,9-10H,6-8,16H2,1-2H3. The van der Waals surface area contributed by atoms with E-state index in [4.69, 9.17) is 17.3 Å². The minimum absolute atomic E-state index is 0.0480. The van der Waals surface area contributed by atoms with E-state index in [9.17, 15) is 4.39 Å². The van der Waals surface area contributed by atoms with Gasteiger partial charge in [-0.05, 0) is 30.2 Å². The molecule has 0 fully saturated rings. The fourth-order valence-corrected chi connectivity index (χ4v) is 2.77. The summed E-state index contributed by atoms with van der Waals surface area (Å²) < 4.78 is 13.5. The van der Waals surface area contributed by atoms with Crippen LogP contribution in [0.2, 0.25) is 5.02 Å². The summed E-state index contributed by atoms with van der Waals surface area (Å²) in [4.78, 5) is 0. The maximum Gasteiger partial charge on any atom is 0.127 e. The molecule has 0 saturated heterocycles. The fourth-order valence-electron chi connectivity index (χ4n) is 1.50. The van der Waals surface area contributed by atoms with Crippen LogP contribution in [-0.2, 0) is 6.42 Å². The van der Waals surface area contributed by atoms with Crippen molar-refractivity contribution in [2.45, 2.75) is 26.3 Å². The lowest BCUT2D eigenvalue weighted by Crippen LogP contribution is -2.26. The summed E-state index contributed by atoms with van der Waals surface area (Å²) in [6.45, 7) is 4.35. The van der Waals surface area contributed by atoms with Crippen LogP contribution in [0, 0.1) is 11.7 Å². The van der Waals surface area contributed by atoms with Crippen molar-refractivity contribution in [3.8, 4) is 0 Å². The third-order valence-electron chi connectivity index (χ3n) is 2.31. The second kappa shape index (κ2) is 7.24. The van der Waals surface area contributed by atoms with E-state index >= 15 is 0 Å². The molecule has 0 saturated carbocycles. The first-order chi connectivity index (χ1) is 8.00. The van der Waals surface area contributed by atoms with Crippen molar-refractivity contribution < 1.29 is 4.39 Å². The van der Waals surface area contributed by atoms with Crippen LogP contribution < -0.4 is 5.73 Å². The summed E-state index contributed by atoms with van der Waals surface area (Å²) in [5.74, 6) is 2.31. The molecule has 1 unspecified atom stereocenters. The Kier molecular flexibility index (Phi) is 6.31. The average Bonchev–Trinajstić information content (AvgIpc) is 2.23. The summed E-state index contributed by atoms with van der Waals surface area (Å²) in [6, 6.07) is 4.69. The van der Waals surface area contributed by atoms with Crippen molar-refractivity contribution >= 4 is 23.4 Å². The van der Waals surface area contributed by atoms with E-state index in [1.807, 2.05) is 11.8 Å². The van der Waals surface area contributed by atoms with Crippen molar-refractivity contribution in [2.24, 2.45) is 11.7 Å². The maximum absolute atomic E-state index is 13.5. The molecule has 1 nitrogen and oxygen atoms in total. The van der Waals surface area contributed by atoms with Gasteiger partial charge in [0.15, 0.2) is 0 Å². The average molecular weight is 276 g/mol. The molecule has 1 aromatic carbocycles. The zero-order valence-corrected chi connectivity index (χ0v) is 11.8. The van der Waals surface area contributed by atoms with Crippen LogP contribution >= 0.6 is 23.4 Å². The second-order valence-electron chi connectivity index (χ2n) is 4.60. The predicted octanol–water partition coefficient (Wildman–Crippen LogP) is 3.74. The minimum atomic E-state index is -0.262. The molecule has 0 bridgehead atoms. The Morgan fingerprint density at radius 1 is 1.35 bits per heavy atom. The first-order valence-corrected chi connectivity index (χ1v) is 7.30. The van der Waals surface area contributed by atoms with Crippen LogP contribution in [0.5, 0.6) is 0 Å². The molecule has 0 aliphatic heterocycles. The zero-order valence-electron chi connectivity index (χ0n) is 10.2. The van der Waals surface area contributed by atoms with Gasteiger partial charge in [-0.1, -0.05) is 31.5 Å². The van der Waals surface area contributed by atoms with Crippen molar-refractivity contribution in [1.82, 2.24) is 0 Å². The highest BCUT2D eigenvalue weighted by molar-refractivity contribution is 7.99. The van der Waals surface area contributed by atoms with Crippen molar-refractivity contribution in [2.75, 3.05) is 11.5 Å². The summed E-state index contributed by atoms with van der Waals surface area (Å²) in [5, 5.41) is 0.467. The topological polar surface area (TPSA) is 26.0 Å². The lowest BCUT2D eigenvalue weighted by Gasteiger charge is -2.13. The van der Waals surface area contributed by atoms with E-state index in [-0.39, 0.29) is 11.9 Å². The monoisotopic (exact) mass is 275 g/mol. The molecule has 0 amide bonds. The van der Waals surface area contributed by atoms with Gasteiger partial charge in [-0.25, -0.2) is 4.39 Å². The Bertz CT molecular complexity index is 337. The van der Waals surface area contributed by atoms with Gasteiger partial charge in [-0.2, -0.15) is 11.8 Å². The molecule has 0 aromatic heterocycles. The number of halogens is 2. The smallest absolute Gasteiger partial charge is 0.127 e. The third-order valence-corrected chi connectivity index (χ3v) is 4.23. The summed E-state index contributed by atoms with van der Waals surface area (Å²) in [6.07, 6.45) is 0.497. The quantitative estimate of drug-likeness (QED) is 0.856. The Labute approximate surface area is 112 Å². The van der Waals surface area contributed by atoms with Gasteiger partial charge in [0.25, 0.3) is 0 Å². The van der Waals surface area contributed by atoms with Gasteiger partial charge in [-0.15, -0.1) is 0 Å². The molecule has 0 aliphatic carbocycles. The maximum atomic E-state index is 13.5. The highest BCUT2D eigenvalue weighted by Gasteiger charge is 2.11. The SMILES string of the molecule is CC(C)CSCC(N)Cc1c(F)cccc1Cl. The van der Waals surface area contributed by atoms with E-state index in [0.717, 1.165) is 11.5 Å². The number of benzene rings is 1. The Morgan fingerprint density at radius 2 is 2.06 bits per heavy atom. The van der Waals surface area contributed by atoms with Crippen LogP contribution in [0.25, 0.3) is 0 Å². The van der Waals surface area contributed by atoms with Crippen LogP contribution in [0.15, 0.2) is 18.2 Å². The van der Waals surface area contributed by atoms with E-state index in [0.29, 0.717) is 22.9 Å². The van der Waals surface area contributed by atoms with Gasteiger partial charge in [0, 0.05) is 22.4 Å². The van der Waals surface area contributed by atoms with Gasteiger partial charge in [-0.3, -0.25) is 0 Å². The van der Waals surface area contributed by atoms with Crippen LogP contribution in [0.3, 0.4) is 0 Å². The van der Waals surface area contributed by atoms with Gasteiger partial charge < -0.3 is 5.73 Å². The molecule has 1 rings (SSSR count). The molecule has 96 valence electrons. The minimum Gasteiger partial charge on any atom is -0.327 e. The van der Waals surface area contributed by atoms with Crippen LogP contribution in [-0.4, -0.2) is 17.5 Å². The number of nitrogens with two attached hydrogens (primary N) is 1. The fraction of sp³-hybridized carbons (Fsp3) is 0.538. The molecule has 17 heavy (non-hydrogen) atoms.